The molecule has 0 aliphatic carbocycles. The van der Waals surface area contributed by atoms with Crippen molar-refractivity contribution in [2.45, 2.75) is 19.0 Å². The van der Waals surface area contributed by atoms with Crippen LogP contribution in [0.2, 0.25) is 0 Å². The molecule has 7 heteroatoms. The first-order chi connectivity index (χ1) is 9.82. The number of alkyl halides is 3. The summed E-state index contributed by atoms with van der Waals surface area (Å²) in [6.07, 6.45) is -5.58. The van der Waals surface area contributed by atoms with Crippen molar-refractivity contribution in [2.24, 2.45) is 5.41 Å². The van der Waals surface area contributed by atoms with Gasteiger partial charge in [-0.2, -0.15) is 13.2 Å². The van der Waals surface area contributed by atoms with E-state index in [0.29, 0.717) is 0 Å². The molecule has 1 saturated heterocycles. The van der Waals surface area contributed by atoms with E-state index < -0.39 is 36.2 Å². The summed E-state index contributed by atoms with van der Waals surface area (Å²) in [6.45, 7) is -0.341. The second-order valence-corrected chi connectivity index (χ2v) is 5.04. The van der Waals surface area contributed by atoms with E-state index in [4.69, 9.17) is 4.74 Å². The number of Topliss-reactive ketones (excluding diaryl/α,β-unsaturated/α-hetero) is 1. The third kappa shape index (κ3) is 2.74. The lowest BCUT2D eigenvalue weighted by Crippen LogP contribution is -2.47. The van der Waals surface area contributed by atoms with E-state index in [2.05, 4.69) is 5.32 Å². The molecule has 0 radical (unpaired) electrons. The smallest absolute Gasteiger partial charge is 0.402 e. The molecule has 3 nitrogen and oxygen atoms in total. The molecule has 0 saturated carbocycles. The summed E-state index contributed by atoms with van der Waals surface area (Å²) in [5, 5.41) is 2.56. The summed E-state index contributed by atoms with van der Waals surface area (Å²) < 4.78 is 58.4. The van der Waals surface area contributed by atoms with Crippen LogP contribution in [0.15, 0.2) is 18.2 Å². The van der Waals surface area contributed by atoms with Crippen LogP contribution in [0.3, 0.4) is 0 Å². The van der Waals surface area contributed by atoms with Crippen LogP contribution >= 0.6 is 0 Å². The zero-order valence-corrected chi connectivity index (χ0v) is 11.4. The summed E-state index contributed by atoms with van der Waals surface area (Å²) >= 11 is 0. The highest BCUT2D eigenvalue weighted by Crippen LogP contribution is 2.44. The lowest BCUT2D eigenvalue weighted by molar-refractivity contribution is -0.214. The highest BCUT2D eigenvalue weighted by Gasteiger charge is 2.60. The van der Waals surface area contributed by atoms with Crippen LogP contribution in [0, 0.1) is 11.2 Å². The lowest BCUT2D eigenvalue weighted by atomic mass is 9.79. The molecule has 1 atom stereocenters. The molecule has 1 heterocycles. The van der Waals surface area contributed by atoms with E-state index in [-0.39, 0.29) is 24.3 Å². The first-order valence-electron chi connectivity index (χ1n) is 6.44. The fourth-order valence-corrected chi connectivity index (χ4v) is 2.52. The predicted octanol–water partition coefficient (Wildman–Crippen LogP) is 2.49. The highest BCUT2D eigenvalue weighted by atomic mass is 19.4. The molecule has 1 aliphatic rings. The molecule has 0 bridgehead atoms. The number of carbonyl (C=O) groups is 1. The first-order valence-corrected chi connectivity index (χ1v) is 6.44. The van der Waals surface area contributed by atoms with Crippen molar-refractivity contribution in [3.05, 3.63) is 29.6 Å². The van der Waals surface area contributed by atoms with Gasteiger partial charge in [0.05, 0.1) is 7.11 Å². The number of hydrogen-bond donors (Lipinski definition) is 1. The Morgan fingerprint density at radius 1 is 1.43 bits per heavy atom. The topological polar surface area (TPSA) is 38.3 Å². The third-order valence-corrected chi connectivity index (χ3v) is 3.85. The number of rotatable bonds is 4. The van der Waals surface area contributed by atoms with Gasteiger partial charge in [0, 0.05) is 13.0 Å². The normalized spacial score (nSPS) is 22.3. The van der Waals surface area contributed by atoms with Crippen molar-refractivity contribution >= 4 is 5.78 Å². The van der Waals surface area contributed by atoms with Crippen molar-refractivity contribution in [1.29, 1.82) is 0 Å². The largest absolute Gasteiger partial charge is 0.494 e. The SMILES string of the molecule is COc1cccc(CC(=O)C2(C(F)(F)F)CCNC2)c1F. The zero-order chi connectivity index (χ0) is 15.7. The van der Waals surface area contributed by atoms with Gasteiger partial charge in [-0.15, -0.1) is 0 Å². The van der Waals surface area contributed by atoms with Crippen LogP contribution < -0.4 is 10.1 Å². The van der Waals surface area contributed by atoms with Crippen molar-refractivity contribution in [3.8, 4) is 5.75 Å². The van der Waals surface area contributed by atoms with Crippen LogP contribution in [0.25, 0.3) is 0 Å². The van der Waals surface area contributed by atoms with E-state index in [1.807, 2.05) is 0 Å². The minimum Gasteiger partial charge on any atom is -0.494 e. The first kappa shape index (κ1) is 15.8. The zero-order valence-electron chi connectivity index (χ0n) is 11.4. The standard InChI is InChI=1S/C14H15F4NO2/c1-21-10-4-2-3-9(12(10)15)7-11(20)13(14(16,17)18)5-6-19-8-13/h2-4,19H,5-8H2,1H3. The lowest BCUT2D eigenvalue weighted by Gasteiger charge is -2.29. The Labute approximate surface area is 119 Å². The summed E-state index contributed by atoms with van der Waals surface area (Å²) in [5.41, 5.74) is -2.52. The molecule has 1 unspecified atom stereocenters. The molecule has 0 amide bonds. The number of carbonyl (C=O) groups excluding carboxylic acids is 1. The third-order valence-electron chi connectivity index (χ3n) is 3.85. The van der Waals surface area contributed by atoms with Gasteiger partial charge in [0.15, 0.2) is 17.3 Å². The Kier molecular flexibility index (Phi) is 4.22. The van der Waals surface area contributed by atoms with Crippen molar-refractivity contribution in [3.63, 3.8) is 0 Å². The Balaban J connectivity index is 2.29. The average Bonchev–Trinajstić information content (AvgIpc) is 2.91. The number of methoxy groups -OCH3 is 1. The van der Waals surface area contributed by atoms with Gasteiger partial charge in [0.25, 0.3) is 0 Å². The Morgan fingerprint density at radius 3 is 2.67 bits per heavy atom. The second kappa shape index (κ2) is 5.63. The van der Waals surface area contributed by atoms with Crippen LogP contribution in [0.1, 0.15) is 12.0 Å². The maximum atomic E-state index is 14.0. The monoisotopic (exact) mass is 305 g/mol. The number of ether oxygens (including phenoxy) is 1. The summed E-state index contributed by atoms with van der Waals surface area (Å²) in [4.78, 5) is 12.2. The molecule has 1 fully saturated rings. The Hall–Kier alpha value is -1.63. The van der Waals surface area contributed by atoms with E-state index in [9.17, 15) is 22.4 Å². The van der Waals surface area contributed by atoms with Gasteiger partial charge in [-0.1, -0.05) is 12.1 Å². The molecular formula is C14H15F4NO2. The Bertz CT molecular complexity index is 536. The maximum absolute atomic E-state index is 14.0. The van der Waals surface area contributed by atoms with Gasteiger partial charge in [-0.25, -0.2) is 4.39 Å². The predicted molar refractivity (Wildman–Crippen MR) is 67.6 cm³/mol. The summed E-state index contributed by atoms with van der Waals surface area (Å²) in [7, 11) is 1.25. The molecule has 21 heavy (non-hydrogen) atoms. The Morgan fingerprint density at radius 2 is 2.14 bits per heavy atom. The van der Waals surface area contributed by atoms with Gasteiger partial charge < -0.3 is 10.1 Å². The summed E-state index contributed by atoms with van der Waals surface area (Å²) in [5.74, 6) is -1.91. The molecular weight excluding hydrogens is 290 g/mol. The highest BCUT2D eigenvalue weighted by molar-refractivity contribution is 5.88. The second-order valence-electron chi connectivity index (χ2n) is 5.04. The van der Waals surface area contributed by atoms with E-state index in [1.54, 1.807) is 0 Å². The van der Waals surface area contributed by atoms with E-state index >= 15 is 0 Å². The van der Waals surface area contributed by atoms with E-state index in [1.165, 1.54) is 25.3 Å². The molecule has 1 aliphatic heterocycles. The minimum absolute atomic E-state index is 0.0881. The number of benzene rings is 1. The van der Waals surface area contributed by atoms with Crippen molar-refractivity contribution < 1.29 is 27.1 Å². The van der Waals surface area contributed by atoms with Gasteiger partial charge in [-0.3, -0.25) is 4.79 Å². The van der Waals surface area contributed by atoms with Crippen molar-refractivity contribution in [1.82, 2.24) is 5.32 Å². The van der Waals surface area contributed by atoms with Gasteiger partial charge in [0.1, 0.15) is 5.41 Å². The molecule has 1 aromatic rings. The van der Waals surface area contributed by atoms with Crippen LogP contribution in [0.5, 0.6) is 5.75 Å². The molecule has 2 rings (SSSR count). The van der Waals surface area contributed by atoms with Crippen LogP contribution in [-0.2, 0) is 11.2 Å². The molecule has 0 spiro atoms. The average molecular weight is 305 g/mol. The van der Waals surface area contributed by atoms with E-state index in [0.717, 1.165) is 0 Å². The van der Waals surface area contributed by atoms with Crippen molar-refractivity contribution in [2.75, 3.05) is 20.2 Å². The molecule has 1 N–H and O–H groups in total. The van der Waals surface area contributed by atoms with Gasteiger partial charge in [0.2, 0.25) is 0 Å². The summed E-state index contributed by atoms with van der Waals surface area (Å²) in [6, 6.07) is 4.08. The van der Waals surface area contributed by atoms with Crippen LogP contribution in [0.4, 0.5) is 17.6 Å². The fraction of sp³-hybridized carbons (Fsp3) is 0.500. The van der Waals surface area contributed by atoms with Crippen LogP contribution in [-0.4, -0.2) is 32.2 Å². The maximum Gasteiger partial charge on any atom is 0.402 e. The number of nitrogens with one attached hydrogen (secondary N) is 1. The van der Waals surface area contributed by atoms with Gasteiger partial charge >= 0.3 is 6.18 Å². The molecule has 1 aromatic carbocycles. The number of halogens is 4. The minimum atomic E-state index is -4.65. The number of hydrogen-bond acceptors (Lipinski definition) is 3. The quantitative estimate of drug-likeness (QED) is 0.869. The number of ketones is 1. The van der Waals surface area contributed by atoms with Gasteiger partial charge in [-0.05, 0) is 24.6 Å². The fourth-order valence-electron chi connectivity index (χ4n) is 2.52. The molecule has 116 valence electrons. The molecule has 0 aromatic heterocycles.